The number of carboxylic acids is 1. The number of ether oxygens (including phenoxy) is 3. The summed E-state index contributed by atoms with van der Waals surface area (Å²) in [5.41, 5.74) is 0.560. The van der Waals surface area contributed by atoms with Gasteiger partial charge in [-0.05, 0) is 54.4 Å². The van der Waals surface area contributed by atoms with Crippen LogP contribution in [0.25, 0.3) is 22.0 Å². The molecule has 0 saturated carbocycles. The molecular formula is C30H27F3N2O6. The van der Waals surface area contributed by atoms with E-state index in [9.17, 15) is 23.5 Å². The van der Waals surface area contributed by atoms with Crippen LogP contribution in [0.2, 0.25) is 0 Å². The molecule has 8 nitrogen and oxygen atoms in total. The zero-order valence-electron chi connectivity index (χ0n) is 22.5. The number of rotatable bonds is 11. The molecule has 1 unspecified atom stereocenters. The molecule has 41 heavy (non-hydrogen) atoms. The number of pyridine rings is 1. The van der Waals surface area contributed by atoms with Crippen molar-refractivity contribution in [3.05, 3.63) is 88.9 Å². The first kappa shape index (κ1) is 29.3. The zero-order chi connectivity index (χ0) is 29.7. The van der Waals surface area contributed by atoms with Gasteiger partial charge in [-0.25, -0.2) is 18.0 Å². The first-order chi connectivity index (χ1) is 19.7. The van der Waals surface area contributed by atoms with Crippen LogP contribution in [0.1, 0.15) is 28.4 Å². The largest absolute Gasteiger partial charge is 0.496 e. The highest BCUT2D eigenvalue weighted by atomic mass is 19.1. The third kappa shape index (κ3) is 6.09. The van der Waals surface area contributed by atoms with Crippen LogP contribution in [-0.4, -0.2) is 48.8 Å². The van der Waals surface area contributed by atoms with Gasteiger partial charge in [0.1, 0.15) is 40.6 Å². The molecule has 4 aromatic rings. The highest BCUT2D eigenvalue weighted by molar-refractivity contribution is 6.00. The van der Waals surface area contributed by atoms with Crippen LogP contribution in [0, 0.1) is 17.5 Å². The summed E-state index contributed by atoms with van der Waals surface area (Å²) in [6.07, 6.45) is 1.05. The second-order valence-electron chi connectivity index (χ2n) is 8.97. The Morgan fingerprint density at radius 2 is 1.61 bits per heavy atom. The van der Waals surface area contributed by atoms with E-state index in [4.69, 9.17) is 14.2 Å². The van der Waals surface area contributed by atoms with Gasteiger partial charge in [-0.15, -0.1) is 0 Å². The quantitative estimate of drug-likeness (QED) is 0.253. The lowest BCUT2D eigenvalue weighted by Crippen LogP contribution is -2.43. The van der Waals surface area contributed by atoms with E-state index in [1.807, 2.05) is 6.92 Å². The van der Waals surface area contributed by atoms with E-state index in [1.165, 1.54) is 20.4 Å². The average molecular weight is 569 g/mol. The van der Waals surface area contributed by atoms with E-state index in [1.54, 1.807) is 24.3 Å². The van der Waals surface area contributed by atoms with Crippen molar-refractivity contribution in [1.29, 1.82) is 0 Å². The van der Waals surface area contributed by atoms with Gasteiger partial charge in [-0.1, -0.05) is 12.1 Å². The van der Waals surface area contributed by atoms with E-state index >= 15 is 4.39 Å². The number of nitrogens with zero attached hydrogens (tertiary/aromatic N) is 1. The number of methoxy groups -OCH3 is 2. The number of aromatic nitrogens is 1. The number of aliphatic carboxylic acids is 1. The number of carboxylic acid groups (broad SMARTS) is 1. The minimum absolute atomic E-state index is 0.0605. The molecule has 1 amide bonds. The van der Waals surface area contributed by atoms with E-state index in [0.717, 1.165) is 29.8 Å². The predicted octanol–water partition coefficient (Wildman–Crippen LogP) is 5.30. The maximum absolute atomic E-state index is 16.0. The Kier molecular flexibility index (Phi) is 9.08. The molecule has 0 spiro atoms. The molecule has 0 aliphatic rings. The SMILES string of the molecule is CCOCc1cc(OC)c(-c2c(F)cc(CC(NC(=O)c3c(F)cccc3F)C(=O)O)c3cccnc23)c(OC)c1. The van der Waals surface area contributed by atoms with Gasteiger partial charge >= 0.3 is 5.97 Å². The second-order valence-corrected chi connectivity index (χ2v) is 8.97. The standard InChI is InChI=1S/C30H27F3N2O6/c1-4-41-15-16-11-23(39-2)27(24(12-16)40-3)26-21(33)13-17(18-7-6-10-34-28(18)26)14-22(30(37)38)35-29(36)25-19(31)8-5-9-20(25)32/h5-13,22H,4,14-15H2,1-3H3,(H,35,36)(H,37,38). The lowest BCUT2D eigenvalue weighted by atomic mass is 9.93. The third-order valence-electron chi connectivity index (χ3n) is 6.44. The van der Waals surface area contributed by atoms with Crippen molar-refractivity contribution >= 4 is 22.8 Å². The van der Waals surface area contributed by atoms with Crippen LogP contribution in [0.4, 0.5) is 13.2 Å². The minimum Gasteiger partial charge on any atom is -0.496 e. The van der Waals surface area contributed by atoms with Gasteiger partial charge in [-0.2, -0.15) is 0 Å². The van der Waals surface area contributed by atoms with Crippen molar-refractivity contribution in [3.8, 4) is 22.6 Å². The molecule has 0 aliphatic carbocycles. The van der Waals surface area contributed by atoms with Crippen LogP contribution in [0.15, 0.2) is 54.7 Å². The van der Waals surface area contributed by atoms with Crippen LogP contribution in [0.5, 0.6) is 11.5 Å². The lowest BCUT2D eigenvalue weighted by Gasteiger charge is -2.20. The Morgan fingerprint density at radius 1 is 0.951 bits per heavy atom. The maximum atomic E-state index is 16.0. The Labute approximate surface area is 233 Å². The molecule has 0 fully saturated rings. The maximum Gasteiger partial charge on any atom is 0.326 e. The van der Waals surface area contributed by atoms with Gasteiger partial charge in [0.05, 0.1) is 37.5 Å². The zero-order valence-corrected chi connectivity index (χ0v) is 22.5. The number of halogens is 3. The Bertz CT molecular complexity index is 1570. The summed E-state index contributed by atoms with van der Waals surface area (Å²) in [4.78, 5) is 29.1. The van der Waals surface area contributed by atoms with E-state index in [0.29, 0.717) is 29.1 Å². The fourth-order valence-electron chi connectivity index (χ4n) is 4.57. The number of carbonyl (C=O) groups excluding carboxylic acids is 1. The number of hydrogen-bond acceptors (Lipinski definition) is 6. The molecule has 0 bridgehead atoms. The average Bonchev–Trinajstić information content (AvgIpc) is 2.95. The van der Waals surface area contributed by atoms with E-state index in [-0.39, 0.29) is 23.3 Å². The molecule has 0 radical (unpaired) electrons. The van der Waals surface area contributed by atoms with Crippen molar-refractivity contribution in [2.45, 2.75) is 26.0 Å². The van der Waals surface area contributed by atoms with Gasteiger partial charge in [0, 0.05) is 24.6 Å². The fourth-order valence-corrected chi connectivity index (χ4v) is 4.57. The molecule has 2 N–H and O–H groups in total. The van der Waals surface area contributed by atoms with Crippen LogP contribution in [-0.2, 0) is 22.6 Å². The summed E-state index contributed by atoms with van der Waals surface area (Å²) in [5, 5.41) is 12.3. The molecular weight excluding hydrogens is 541 g/mol. The monoisotopic (exact) mass is 568 g/mol. The molecule has 0 aliphatic heterocycles. The Morgan fingerprint density at radius 3 is 2.20 bits per heavy atom. The Hall–Kier alpha value is -4.64. The van der Waals surface area contributed by atoms with Crippen molar-refractivity contribution in [2.75, 3.05) is 20.8 Å². The molecule has 11 heteroatoms. The lowest BCUT2D eigenvalue weighted by molar-refractivity contribution is -0.139. The first-order valence-corrected chi connectivity index (χ1v) is 12.6. The molecule has 0 saturated heterocycles. The van der Waals surface area contributed by atoms with Crippen molar-refractivity contribution in [3.63, 3.8) is 0 Å². The summed E-state index contributed by atoms with van der Waals surface area (Å²) < 4.78 is 60.9. The number of benzene rings is 3. The number of carbonyl (C=O) groups is 2. The molecule has 1 heterocycles. The summed E-state index contributed by atoms with van der Waals surface area (Å²) in [5.74, 6) is -5.17. The van der Waals surface area contributed by atoms with E-state index < -0.39 is 47.4 Å². The first-order valence-electron chi connectivity index (χ1n) is 12.6. The molecule has 1 atom stereocenters. The van der Waals surface area contributed by atoms with E-state index in [2.05, 4.69) is 10.3 Å². The van der Waals surface area contributed by atoms with Crippen LogP contribution in [0.3, 0.4) is 0 Å². The van der Waals surface area contributed by atoms with Gasteiger partial charge in [0.25, 0.3) is 5.91 Å². The predicted molar refractivity (Wildman–Crippen MR) is 145 cm³/mol. The Balaban J connectivity index is 1.80. The van der Waals surface area contributed by atoms with Gasteiger partial charge in [0.2, 0.25) is 0 Å². The highest BCUT2D eigenvalue weighted by Crippen LogP contribution is 2.44. The van der Waals surface area contributed by atoms with Crippen molar-refractivity contribution in [1.82, 2.24) is 10.3 Å². The van der Waals surface area contributed by atoms with Crippen molar-refractivity contribution in [2.24, 2.45) is 0 Å². The molecule has 4 rings (SSSR count). The van der Waals surface area contributed by atoms with Crippen LogP contribution >= 0.6 is 0 Å². The molecule has 3 aromatic carbocycles. The number of fused-ring (bicyclic) bond motifs is 1. The minimum atomic E-state index is -1.64. The molecule has 214 valence electrons. The summed E-state index contributed by atoms with van der Waals surface area (Å²) in [6.45, 7) is 2.63. The highest BCUT2D eigenvalue weighted by Gasteiger charge is 2.28. The van der Waals surface area contributed by atoms with Crippen molar-refractivity contribution < 1.29 is 42.1 Å². The fraction of sp³-hybridized carbons (Fsp3) is 0.233. The second kappa shape index (κ2) is 12.7. The summed E-state index contributed by atoms with van der Waals surface area (Å²) in [6, 6.07) is 8.96. The molecule has 1 aromatic heterocycles. The normalized spacial score (nSPS) is 11.8. The van der Waals surface area contributed by atoms with Gasteiger partial charge < -0.3 is 24.6 Å². The van der Waals surface area contributed by atoms with Gasteiger partial charge in [-0.3, -0.25) is 9.78 Å². The topological polar surface area (TPSA) is 107 Å². The number of amides is 1. The third-order valence-corrected chi connectivity index (χ3v) is 6.44. The number of nitrogens with one attached hydrogen (secondary N) is 1. The number of hydrogen-bond donors (Lipinski definition) is 2. The summed E-state index contributed by atoms with van der Waals surface area (Å²) in [7, 11) is 2.87. The van der Waals surface area contributed by atoms with Crippen LogP contribution < -0.4 is 14.8 Å². The van der Waals surface area contributed by atoms with Gasteiger partial charge in [0.15, 0.2) is 0 Å². The summed E-state index contributed by atoms with van der Waals surface area (Å²) >= 11 is 0. The smallest absolute Gasteiger partial charge is 0.326 e.